The standard InChI is InChI=1S/C16H27N5O2S2/c1-11(2)17-12(22)10-24-15-19-18-14(25-15)21-8-6-20(7-9-21)13(23)16(3,4)5/h11H,6-10H2,1-5H3,(H,17,22). The van der Waals surface area contributed by atoms with Crippen molar-refractivity contribution in [3.63, 3.8) is 0 Å². The third kappa shape index (κ3) is 5.85. The molecular weight excluding hydrogens is 358 g/mol. The van der Waals surface area contributed by atoms with Crippen molar-refractivity contribution in [1.82, 2.24) is 20.4 Å². The van der Waals surface area contributed by atoms with Gasteiger partial charge >= 0.3 is 0 Å². The molecule has 2 heterocycles. The summed E-state index contributed by atoms with van der Waals surface area (Å²) in [6.45, 7) is 12.7. The Morgan fingerprint density at radius 3 is 2.40 bits per heavy atom. The molecule has 140 valence electrons. The number of nitrogens with one attached hydrogen (secondary N) is 1. The summed E-state index contributed by atoms with van der Waals surface area (Å²) in [7, 11) is 0. The van der Waals surface area contributed by atoms with E-state index in [9.17, 15) is 9.59 Å². The van der Waals surface area contributed by atoms with Gasteiger partial charge in [0.15, 0.2) is 4.34 Å². The van der Waals surface area contributed by atoms with E-state index in [-0.39, 0.29) is 23.3 Å². The van der Waals surface area contributed by atoms with Gasteiger partial charge in [0.05, 0.1) is 5.75 Å². The van der Waals surface area contributed by atoms with Gasteiger partial charge in [-0.15, -0.1) is 10.2 Å². The Hall–Kier alpha value is -1.35. The zero-order valence-electron chi connectivity index (χ0n) is 15.5. The molecule has 0 saturated carbocycles. The van der Waals surface area contributed by atoms with Gasteiger partial charge in [-0.25, -0.2) is 0 Å². The van der Waals surface area contributed by atoms with Crippen LogP contribution in [0.1, 0.15) is 34.6 Å². The Labute approximate surface area is 157 Å². The van der Waals surface area contributed by atoms with Crippen LogP contribution in [0.3, 0.4) is 0 Å². The largest absolute Gasteiger partial charge is 0.353 e. The van der Waals surface area contributed by atoms with Crippen LogP contribution in [0.25, 0.3) is 0 Å². The second kappa shape index (κ2) is 8.35. The maximum atomic E-state index is 12.3. The first-order valence-corrected chi connectivity index (χ1v) is 10.3. The molecule has 0 unspecified atom stereocenters. The summed E-state index contributed by atoms with van der Waals surface area (Å²) in [6.07, 6.45) is 0. The minimum absolute atomic E-state index is 0.00561. The SMILES string of the molecule is CC(C)NC(=O)CSc1nnc(N2CCN(C(=O)C(C)(C)C)CC2)s1. The number of nitrogens with zero attached hydrogens (tertiary/aromatic N) is 4. The average molecular weight is 386 g/mol. The van der Waals surface area contributed by atoms with Gasteiger partial charge < -0.3 is 15.1 Å². The van der Waals surface area contributed by atoms with E-state index in [4.69, 9.17) is 0 Å². The van der Waals surface area contributed by atoms with Gasteiger partial charge in [-0.05, 0) is 13.8 Å². The molecule has 1 fully saturated rings. The quantitative estimate of drug-likeness (QED) is 0.780. The number of thioether (sulfide) groups is 1. The van der Waals surface area contributed by atoms with E-state index in [1.165, 1.54) is 23.1 Å². The smallest absolute Gasteiger partial charge is 0.230 e. The summed E-state index contributed by atoms with van der Waals surface area (Å²) in [5, 5.41) is 12.1. The number of carbonyl (C=O) groups is 2. The highest BCUT2D eigenvalue weighted by molar-refractivity contribution is 8.01. The molecule has 1 saturated heterocycles. The predicted molar refractivity (Wildman–Crippen MR) is 102 cm³/mol. The van der Waals surface area contributed by atoms with E-state index in [1.54, 1.807) is 0 Å². The molecule has 0 bridgehead atoms. The van der Waals surface area contributed by atoms with Crippen molar-refractivity contribution in [3.8, 4) is 0 Å². The fraction of sp³-hybridized carbons (Fsp3) is 0.750. The Kier molecular flexibility index (Phi) is 6.67. The number of hydrogen-bond donors (Lipinski definition) is 1. The third-order valence-corrected chi connectivity index (χ3v) is 5.77. The molecule has 1 N–H and O–H groups in total. The Morgan fingerprint density at radius 1 is 1.20 bits per heavy atom. The topological polar surface area (TPSA) is 78.4 Å². The predicted octanol–water partition coefficient (Wildman–Crippen LogP) is 1.85. The van der Waals surface area contributed by atoms with Crippen LogP contribution < -0.4 is 10.2 Å². The van der Waals surface area contributed by atoms with E-state index in [2.05, 4.69) is 20.4 Å². The lowest BCUT2D eigenvalue weighted by molar-refractivity contribution is -0.139. The molecule has 0 atom stereocenters. The highest BCUT2D eigenvalue weighted by atomic mass is 32.2. The number of anilines is 1. The fourth-order valence-electron chi connectivity index (χ4n) is 2.45. The molecule has 1 aliphatic heterocycles. The highest BCUT2D eigenvalue weighted by Crippen LogP contribution is 2.29. The summed E-state index contributed by atoms with van der Waals surface area (Å²) in [5.41, 5.74) is -0.342. The van der Waals surface area contributed by atoms with Crippen molar-refractivity contribution in [2.24, 2.45) is 5.41 Å². The molecular formula is C16H27N5O2S2. The van der Waals surface area contributed by atoms with E-state index >= 15 is 0 Å². The van der Waals surface area contributed by atoms with Crippen LogP contribution in [0.15, 0.2) is 4.34 Å². The second-order valence-corrected chi connectivity index (χ2v) is 9.57. The number of piperazine rings is 1. The Bertz CT molecular complexity index is 604. The number of carbonyl (C=O) groups excluding carboxylic acids is 2. The molecule has 0 aromatic carbocycles. The lowest BCUT2D eigenvalue weighted by Gasteiger charge is -2.37. The number of rotatable bonds is 5. The van der Waals surface area contributed by atoms with Crippen LogP contribution in [-0.2, 0) is 9.59 Å². The zero-order chi connectivity index (χ0) is 18.6. The van der Waals surface area contributed by atoms with Crippen molar-refractivity contribution < 1.29 is 9.59 Å². The van der Waals surface area contributed by atoms with Gasteiger partial charge in [0.2, 0.25) is 16.9 Å². The van der Waals surface area contributed by atoms with Crippen LogP contribution in [0.4, 0.5) is 5.13 Å². The van der Waals surface area contributed by atoms with Crippen LogP contribution in [0.2, 0.25) is 0 Å². The molecule has 9 heteroatoms. The molecule has 1 aromatic rings. The molecule has 1 aromatic heterocycles. The first-order chi connectivity index (χ1) is 11.7. The maximum Gasteiger partial charge on any atom is 0.230 e. The van der Waals surface area contributed by atoms with Crippen LogP contribution >= 0.6 is 23.1 Å². The van der Waals surface area contributed by atoms with Gasteiger partial charge in [-0.3, -0.25) is 9.59 Å². The van der Waals surface area contributed by atoms with Crippen molar-refractivity contribution in [2.75, 3.05) is 36.8 Å². The average Bonchev–Trinajstić information content (AvgIpc) is 3.00. The summed E-state index contributed by atoms with van der Waals surface area (Å²) >= 11 is 2.90. The molecule has 0 radical (unpaired) electrons. The van der Waals surface area contributed by atoms with Crippen LogP contribution in [0, 0.1) is 5.41 Å². The van der Waals surface area contributed by atoms with Crippen molar-refractivity contribution in [2.45, 2.75) is 45.0 Å². The summed E-state index contributed by atoms with van der Waals surface area (Å²) in [6, 6.07) is 0.144. The van der Waals surface area contributed by atoms with Gasteiger partial charge in [0, 0.05) is 37.6 Å². The first kappa shape index (κ1) is 20.0. The van der Waals surface area contributed by atoms with E-state index in [0.29, 0.717) is 18.8 Å². The lowest BCUT2D eigenvalue weighted by Crippen LogP contribution is -2.51. The van der Waals surface area contributed by atoms with E-state index in [1.807, 2.05) is 39.5 Å². The Morgan fingerprint density at radius 2 is 1.84 bits per heavy atom. The molecule has 0 spiro atoms. The molecule has 0 aliphatic carbocycles. The monoisotopic (exact) mass is 385 g/mol. The summed E-state index contributed by atoms with van der Waals surface area (Å²) in [5.74, 6) is 0.545. The normalized spacial score (nSPS) is 15.6. The van der Waals surface area contributed by atoms with E-state index < -0.39 is 0 Å². The van der Waals surface area contributed by atoms with Gasteiger partial charge in [-0.2, -0.15) is 0 Å². The van der Waals surface area contributed by atoms with Gasteiger partial charge in [0.1, 0.15) is 0 Å². The van der Waals surface area contributed by atoms with Crippen molar-refractivity contribution in [3.05, 3.63) is 0 Å². The first-order valence-electron chi connectivity index (χ1n) is 8.47. The molecule has 25 heavy (non-hydrogen) atoms. The third-order valence-electron chi connectivity index (χ3n) is 3.65. The lowest BCUT2D eigenvalue weighted by atomic mass is 9.94. The second-order valence-electron chi connectivity index (χ2n) is 7.39. The minimum Gasteiger partial charge on any atom is -0.353 e. The summed E-state index contributed by atoms with van der Waals surface area (Å²) < 4.78 is 0.794. The number of aromatic nitrogens is 2. The minimum atomic E-state index is -0.342. The highest BCUT2D eigenvalue weighted by Gasteiger charge is 2.30. The van der Waals surface area contributed by atoms with Crippen LogP contribution in [-0.4, -0.2) is 64.9 Å². The molecule has 7 nitrogen and oxygen atoms in total. The molecule has 2 amide bonds. The Balaban J connectivity index is 1.83. The molecule has 1 aliphatic rings. The molecule has 2 rings (SSSR count). The fourth-order valence-corrected chi connectivity index (χ4v) is 4.16. The number of amides is 2. The summed E-state index contributed by atoms with van der Waals surface area (Å²) in [4.78, 5) is 28.1. The van der Waals surface area contributed by atoms with Gasteiger partial charge in [-0.1, -0.05) is 43.9 Å². The van der Waals surface area contributed by atoms with E-state index in [0.717, 1.165) is 22.6 Å². The maximum absolute atomic E-state index is 12.3. The number of hydrogen-bond acceptors (Lipinski definition) is 7. The van der Waals surface area contributed by atoms with Crippen molar-refractivity contribution >= 4 is 40.0 Å². The van der Waals surface area contributed by atoms with Crippen LogP contribution in [0.5, 0.6) is 0 Å². The zero-order valence-corrected chi connectivity index (χ0v) is 17.2. The van der Waals surface area contributed by atoms with Crippen molar-refractivity contribution in [1.29, 1.82) is 0 Å². The van der Waals surface area contributed by atoms with Gasteiger partial charge in [0.25, 0.3) is 0 Å².